The minimum absolute atomic E-state index is 0.232. The lowest BCUT2D eigenvalue weighted by molar-refractivity contribution is -0.149. The summed E-state index contributed by atoms with van der Waals surface area (Å²) in [5.41, 5.74) is 2.67. The first-order valence-corrected chi connectivity index (χ1v) is 13.3. The number of carboxylic acid groups (broad SMARTS) is 1. The minimum atomic E-state index is -0.999. The van der Waals surface area contributed by atoms with Crippen LogP contribution in [0.15, 0.2) is 72.8 Å². The van der Waals surface area contributed by atoms with Crippen molar-refractivity contribution >= 4 is 12.1 Å². The molecule has 40 heavy (non-hydrogen) atoms. The Balaban J connectivity index is 1.51. The largest absolute Gasteiger partial charge is 0.492 e. The van der Waals surface area contributed by atoms with E-state index in [0.29, 0.717) is 44.3 Å². The molecule has 9 heteroatoms. The maximum atomic E-state index is 13.1. The number of benzene rings is 3. The molecular weight excluding hydrogens is 517 g/mol. The van der Waals surface area contributed by atoms with Crippen LogP contribution >= 0.6 is 0 Å². The van der Waals surface area contributed by atoms with Crippen molar-refractivity contribution in [1.82, 2.24) is 4.90 Å². The van der Waals surface area contributed by atoms with E-state index >= 15 is 0 Å². The zero-order chi connectivity index (χ0) is 28.7. The van der Waals surface area contributed by atoms with Crippen LogP contribution < -0.4 is 9.47 Å². The molecule has 3 aromatic carbocycles. The number of rotatable bonds is 16. The molecule has 0 heterocycles. The molecule has 0 bridgehead atoms. The van der Waals surface area contributed by atoms with Crippen molar-refractivity contribution in [2.75, 3.05) is 32.9 Å². The molecular formula is C31H36FNO7. The summed E-state index contributed by atoms with van der Waals surface area (Å²) in [7, 11) is 0. The first kappa shape index (κ1) is 30.6. The maximum Gasteiger partial charge on any atom is 0.415 e. The summed E-state index contributed by atoms with van der Waals surface area (Å²) in [6.45, 7) is 5.67. The third-order valence-electron chi connectivity index (χ3n) is 5.97. The Bertz CT molecular complexity index is 1200. The smallest absolute Gasteiger partial charge is 0.415 e. The number of carbonyl (C=O) groups is 2. The summed E-state index contributed by atoms with van der Waals surface area (Å²) >= 11 is 0. The molecule has 0 saturated heterocycles. The number of amides is 1. The molecule has 3 aromatic rings. The number of nitrogens with zero attached hydrogens (tertiary/aromatic N) is 1. The van der Waals surface area contributed by atoms with Crippen molar-refractivity contribution in [3.8, 4) is 11.5 Å². The molecule has 1 atom stereocenters. The van der Waals surface area contributed by atoms with Gasteiger partial charge in [-0.2, -0.15) is 0 Å². The Morgan fingerprint density at radius 1 is 0.925 bits per heavy atom. The standard InChI is InChI=1S/C31H36FNO7/c1-3-38-29(30(34)35)21-24-10-14-27(15-11-24)39-19-17-33(31(36)40-28-7-4-6-23(2)20-28)16-5-18-37-22-25-8-12-26(32)13-9-25/h4,6-15,20,29H,3,5,16-19,21-22H2,1-2H3,(H,34,35). The van der Waals surface area contributed by atoms with Crippen molar-refractivity contribution in [1.29, 1.82) is 0 Å². The number of hydrogen-bond donors (Lipinski definition) is 1. The fraction of sp³-hybridized carbons (Fsp3) is 0.355. The third kappa shape index (κ3) is 10.7. The molecule has 0 aliphatic rings. The molecule has 8 nitrogen and oxygen atoms in total. The third-order valence-corrected chi connectivity index (χ3v) is 5.97. The molecule has 1 N–H and O–H groups in total. The van der Waals surface area contributed by atoms with Gasteiger partial charge in [-0.3, -0.25) is 0 Å². The van der Waals surface area contributed by atoms with Crippen LogP contribution in [0.2, 0.25) is 0 Å². The van der Waals surface area contributed by atoms with Crippen LogP contribution in [0.5, 0.6) is 11.5 Å². The Hall–Kier alpha value is -3.95. The highest BCUT2D eigenvalue weighted by Gasteiger charge is 2.18. The molecule has 214 valence electrons. The second kappa shape index (κ2) is 16.2. The van der Waals surface area contributed by atoms with Crippen LogP contribution in [0, 0.1) is 12.7 Å². The van der Waals surface area contributed by atoms with Gasteiger partial charge >= 0.3 is 12.1 Å². The van der Waals surface area contributed by atoms with E-state index in [-0.39, 0.29) is 25.4 Å². The number of halogens is 1. The second-order valence-electron chi connectivity index (χ2n) is 9.18. The van der Waals surface area contributed by atoms with Gasteiger partial charge in [0.2, 0.25) is 0 Å². The van der Waals surface area contributed by atoms with Crippen molar-refractivity contribution in [2.24, 2.45) is 0 Å². The van der Waals surface area contributed by atoms with E-state index in [1.165, 1.54) is 12.1 Å². The number of aryl methyl sites for hydroxylation is 1. The van der Waals surface area contributed by atoms with E-state index in [1.54, 1.807) is 60.4 Å². The van der Waals surface area contributed by atoms with Gasteiger partial charge in [0.15, 0.2) is 6.10 Å². The predicted octanol–water partition coefficient (Wildman–Crippen LogP) is 5.65. The molecule has 0 fully saturated rings. The quantitative estimate of drug-likeness (QED) is 0.229. The summed E-state index contributed by atoms with van der Waals surface area (Å²) in [5.74, 6) is -0.230. The summed E-state index contributed by atoms with van der Waals surface area (Å²) in [6, 6.07) is 20.5. The summed E-state index contributed by atoms with van der Waals surface area (Å²) in [4.78, 5) is 25.8. The van der Waals surface area contributed by atoms with E-state index in [2.05, 4.69) is 0 Å². The summed E-state index contributed by atoms with van der Waals surface area (Å²) in [6.07, 6.45) is -0.558. The van der Waals surface area contributed by atoms with Crippen molar-refractivity contribution in [3.63, 3.8) is 0 Å². The van der Waals surface area contributed by atoms with E-state index in [4.69, 9.17) is 18.9 Å². The van der Waals surface area contributed by atoms with Gasteiger partial charge in [0.05, 0.1) is 13.2 Å². The van der Waals surface area contributed by atoms with Crippen molar-refractivity contribution < 1.29 is 38.0 Å². The van der Waals surface area contributed by atoms with E-state index in [0.717, 1.165) is 16.7 Å². The summed E-state index contributed by atoms with van der Waals surface area (Å²) in [5, 5.41) is 9.28. The zero-order valence-corrected chi connectivity index (χ0v) is 22.9. The molecule has 3 rings (SSSR count). The van der Waals surface area contributed by atoms with E-state index < -0.39 is 18.2 Å². The SMILES string of the molecule is CCOC(Cc1ccc(OCCN(CCCOCc2ccc(F)cc2)C(=O)Oc2cccc(C)c2)cc1)C(=O)O. The normalized spacial score (nSPS) is 11.6. The predicted molar refractivity (Wildman–Crippen MR) is 148 cm³/mol. The van der Waals surface area contributed by atoms with Gasteiger partial charge in [-0.1, -0.05) is 36.4 Å². The van der Waals surface area contributed by atoms with Gasteiger partial charge in [-0.15, -0.1) is 0 Å². The Labute approximate surface area is 234 Å². The molecule has 0 aromatic heterocycles. The number of carboxylic acids is 1. The topological polar surface area (TPSA) is 94.5 Å². The average Bonchev–Trinajstić information content (AvgIpc) is 2.93. The highest BCUT2D eigenvalue weighted by molar-refractivity contribution is 5.72. The van der Waals surface area contributed by atoms with Gasteiger partial charge in [0.25, 0.3) is 0 Å². The van der Waals surface area contributed by atoms with Gasteiger partial charge in [0.1, 0.15) is 23.9 Å². The first-order chi connectivity index (χ1) is 19.3. The Kier molecular flexibility index (Phi) is 12.4. The molecule has 0 saturated carbocycles. The molecule has 0 aliphatic heterocycles. The maximum absolute atomic E-state index is 13.1. The lowest BCUT2D eigenvalue weighted by atomic mass is 10.1. The van der Waals surface area contributed by atoms with Gasteiger partial charge in [-0.25, -0.2) is 14.0 Å². The Morgan fingerprint density at radius 2 is 1.65 bits per heavy atom. The fourth-order valence-corrected chi connectivity index (χ4v) is 3.89. The highest BCUT2D eigenvalue weighted by Crippen LogP contribution is 2.16. The average molecular weight is 554 g/mol. The van der Waals surface area contributed by atoms with Crippen LogP contribution in [-0.4, -0.2) is 61.1 Å². The monoisotopic (exact) mass is 553 g/mol. The van der Waals surface area contributed by atoms with Crippen molar-refractivity contribution in [2.45, 2.75) is 39.4 Å². The van der Waals surface area contributed by atoms with E-state index in [9.17, 15) is 19.1 Å². The lowest BCUT2D eigenvalue weighted by Gasteiger charge is -2.22. The first-order valence-electron chi connectivity index (χ1n) is 13.3. The second-order valence-corrected chi connectivity index (χ2v) is 9.18. The number of hydrogen-bond acceptors (Lipinski definition) is 6. The molecule has 0 radical (unpaired) electrons. The number of carbonyl (C=O) groups excluding carboxylic acids is 1. The molecule has 1 unspecified atom stereocenters. The molecule has 0 spiro atoms. The van der Waals surface area contributed by atoms with Gasteiger partial charge in [0, 0.05) is 26.2 Å². The number of aliphatic carboxylic acids is 1. The van der Waals surface area contributed by atoms with Gasteiger partial charge in [-0.05, 0) is 73.4 Å². The van der Waals surface area contributed by atoms with Crippen LogP contribution in [0.1, 0.15) is 30.0 Å². The zero-order valence-electron chi connectivity index (χ0n) is 22.9. The van der Waals surface area contributed by atoms with Gasteiger partial charge < -0.3 is 29.0 Å². The molecule has 1 amide bonds. The number of ether oxygens (including phenoxy) is 4. The van der Waals surface area contributed by atoms with Crippen LogP contribution in [0.4, 0.5) is 9.18 Å². The van der Waals surface area contributed by atoms with Crippen LogP contribution in [0.25, 0.3) is 0 Å². The fourth-order valence-electron chi connectivity index (χ4n) is 3.89. The minimum Gasteiger partial charge on any atom is -0.492 e. The summed E-state index contributed by atoms with van der Waals surface area (Å²) < 4.78 is 35.5. The highest BCUT2D eigenvalue weighted by atomic mass is 19.1. The van der Waals surface area contributed by atoms with Crippen LogP contribution in [-0.2, 0) is 27.3 Å². The van der Waals surface area contributed by atoms with E-state index in [1.807, 2.05) is 19.1 Å². The lowest BCUT2D eigenvalue weighted by Crippen LogP contribution is -2.38. The molecule has 0 aliphatic carbocycles. The Morgan fingerprint density at radius 3 is 2.33 bits per heavy atom. The van der Waals surface area contributed by atoms with Crippen LogP contribution in [0.3, 0.4) is 0 Å². The van der Waals surface area contributed by atoms with Crippen molar-refractivity contribution in [3.05, 3.63) is 95.3 Å².